The van der Waals surface area contributed by atoms with E-state index in [2.05, 4.69) is 38.2 Å². The van der Waals surface area contributed by atoms with Gasteiger partial charge >= 0.3 is 0 Å². The predicted octanol–water partition coefficient (Wildman–Crippen LogP) is 4.02. The molecule has 0 saturated heterocycles. The van der Waals surface area contributed by atoms with Crippen LogP contribution in [0.25, 0.3) is 5.57 Å². The van der Waals surface area contributed by atoms with Crippen molar-refractivity contribution in [2.24, 2.45) is 0 Å². The lowest BCUT2D eigenvalue weighted by molar-refractivity contribution is -0.143. The van der Waals surface area contributed by atoms with Crippen LogP contribution < -0.4 is 10.2 Å². The monoisotopic (exact) mass is 332 g/mol. The normalized spacial score (nSPS) is 25.3. The highest BCUT2D eigenvalue weighted by Crippen LogP contribution is 2.53. The molecule has 0 saturated carbocycles. The molecule has 25 heavy (non-hydrogen) atoms. The molecule has 3 aliphatic rings. The highest BCUT2D eigenvalue weighted by Gasteiger charge is 2.58. The van der Waals surface area contributed by atoms with E-state index >= 15 is 0 Å². The number of ether oxygens (including phenoxy) is 1. The predicted molar refractivity (Wildman–Crippen MR) is 98.2 cm³/mol. The Morgan fingerprint density at radius 1 is 1.12 bits per heavy atom. The van der Waals surface area contributed by atoms with E-state index in [0.29, 0.717) is 6.61 Å². The maximum absolute atomic E-state index is 13.6. The average molecular weight is 332 g/mol. The van der Waals surface area contributed by atoms with Crippen molar-refractivity contribution >= 4 is 22.9 Å². The minimum Gasteiger partial charge on any atom is -0.345 e. The van der Waals surface area contributed by atoms with E-state index in [9.17, 15) is 4.79 Å². The van der Waals surface area contributed by atoms with E-state index < -0.39 is 11.3 Å². The third kappa shape index (κ3) is 1.72. The summed E-state index contributed by atoms with van der Waals surface area (Å²) in [6.45, 7) is 6.67. The molecule has 0 fully saturated rings. The highest BCUT2D eigenvalue weighted by atomic mass is 16.5. The first kappa shape index (κ1) is 14.7. The second-order valence-corrected chi connectivity index (χ2v) is 7.58. The number of rotatable bonds is 0. The SMILES string of the molecule is CC1=CC(C)(C)N2C(=O)[C@@]3(Nc4ccccc4CO3)c3cccc1c32. The molecular weight excluding hydrogens is 312 g/mol. The van der Waals surface area contributed by atoms with Gasteiger partial charge in [-0.3, -0.25) is 9.69 Å². The van der Waals surface area contributed by atoms with E-state index in [1.54, 1.807) is 0 Å². The van der Waals surface area contributed by atoms with Gasteiger partial charge in [-0.05, 0) is 32.4 Å². The van der Waals surface area contributed by atoms with Crippen LogP contribution in [-0.4, -0.2) is 11.4 Å². The third-order valence-corrected chi connectivity index (χ3v) is 5.49. The van der Waals surface area contributed by atoms with Crippen LogP contribution >= 0.6 is 0 Å². The van der Waals surface area contributed by atoms with Crippen LogP contribution in [0.1, 0.15) is 37.5 Å². The van der Waals surface area contributed by atoms with Crippen LogP contribution in [0.3, 0.4) is 0 Å². The molecular formula is C21H20N2O2. The quantitative estimate of drug-likeness (QED) is 0.792. The minimum atomic E-state index is -1.14. The topological polar surface area (TPSA) is 41.6 Å². The first-order chi connectivity index (χ1) is 11.9. The van der Waals surface area contributed by atoms with Crippen LogP contribution in [-0.2, 0) is 21.9 Å². The van der Waals surface area contributed by atoms with Crippen molar-refractivity contribution in [1.29, 1.82) is 0 Å². The van der Waals surface area contributed by atoms with Crippen molar-refractivity contribution in [1.82, 2.24) is 0 Å². The molecule has 1 spiro atoms. The highest BCUT2D eigenvalue weighted by molar-refractivity contribution is 6.13. The van der Waals surface area contributed by atoms with Gasteiger partial charge in [-0.15, -0.1) is 0 Å². The Labute approximate surface area is 147 Å². The van der Waals surface area contributed by atoms with E-state index in [1.165, 1.54) is 5.57 Å². The zero-order valence-electron chi connectivity index (χ0n) is 14.6. The molecule has 3 aliphatic heterocycles. The minimum absolute atomic E-state index is 0.0433. The summed E-state index contributed by atoms with van der Waals surface area (Å²) in [4.78, 5) is 15.5. The molecule has 4 nitrogen and oxygen atoms in total. The van der Waals surface area contributed by atoms with Crippen LogP contribution in [0.2, 0.25) is 0 Å². The average Bonchev–Trinajstić information content (AvgIpc) is 2.83. The molecule has 3 heterocycles. The van der Waals surface area contributed by atoms with Crippen molar-refractivity contribution in [3.8, 4) is 0 Å². The Bertz CT molecular complexity index is 960. The van der Waals surface area contributed by atoms with Gasteiger partial charge in [0.15, 0.2) is 0 Å². The number of carbonyl (C=O) groups excluding carboxylic acids is 1. The zero-order chi connectivity index (χ0) is 17.4. The van der Waals surface area contributed by atoms with Gasteiger partial charge in [-0.1, -0.05) is 42.5 Å². The summed E-state index contributed by atoms with van der Waals surface area (Å²) in [6, 6.07) is 14.1. The number of allylic oxidation sites excluding steroid dienone is 1. The van der Waals surface area contributed by atoms with Crippen LogP contribution in [0.15, 0.2) is 48.5 Å². The number of nitrogens with zero attached hydrogens (tertiary/aromatic N) is 1. The fourth-order valence-electron chi connectivity index (χ4n) is 4.42. The number of carbonyl (C=O) groups is 1. The lowest BCUT2D eigenvalue weighted by Gasteiger charge is -2.40. The fraction of sp³-hybridized carbons (Fsp3) is 0.286. The fourth-order valence-corrected chi connectivity index (χ4v) is 4.42. The first-order valence-electron chi connectivity index (χ1n) is 8.62. The molecule has 5 rings (SSSR count). The summed E-state index contributed by atoms with van der Waals surface area (Å²) >= 11 is 0. The summed E-state index contributed by atoms with van der Waals surface area (Å²) in [5, 5.41) is 3.41. The Balaban J connectivity index is 1.76. The molecule has 2 aromatic rings. The van der Waals surface area contributed by atoms with Crippen LogP contribution in [0.5, 0.6) is 0 Å². The van der Waals surface area contributed by atoms with E-state index in [-0.39, 0.29) is 5.91 Å². The molecule has 0 aromatic heterocycles. The number of anilines is 2. The Hall–Kier alpha value is -2.59. The van der Waals surface area contributed by atoms with E-state index in [1.807, 2.05) is 41.3 Å². The number of amides is 1. The molecule has 126 valence electrons. The Kier molecular flexibility index (Phi) is 2.66. The standard InChI is InChI=1S/C21H20N2O2/c1-13-11-20(2,3)23-18-15(13)8-6-9-16(18)21(19(23)24)22-17-10-5-4-7-14(17)12-25-21/h4-11,22H,12H2,1-3H3/t21-/m1/s1. The lowest BCUT2D eigenvalue weighted by atomic mass is 9.89. The summed E-state index contributed by atoms with van der Waals surface area (Å²) in [5.41, 5.74) is 4.67. The molecule has 2 aromatic carbocycles. The van der Waals surface area contributed by atoms with Gasteiger partial charge in [0.1, 0.15) is 0 Å². The molecule has 1 atom stereocenters. The molecule has 0 radical (unpaired) electrons. The number of fused-ring (bicyclic) bond motifs is 2. The Morgan fingerprint density at radius 2 is 1.92 bits per heavy atom. The maximum atomic E-state index is 13.6. The van der Waals surface area contributed by atoms with Crippen molar-refractivity contribution in [2.45, 2.75) is 38.6 Å². The van der Waals surface area contributed by atoms with Gasteiger partial charge in [0.25, 0.3) is 5.91 Å². The van der Waals surface area contributed by atoms with Crippen molar-refractivity contribution in [2.75, 3.05) is 10.2 Å². The zero-order valence-corrected chi connectivity index (χ0v) is 14.6. The van der Waals surface area contributed by atoms with Crippen LogP contribution in [0.4, 0.5) is 11.4 Å². The Morgan fingerprint density at radius 3 is 2.76 bits per heavy atom. The number of para-hydroxylation sites is 2. The number of nitrogens with one attached hydrogen (secondary N) is 1. The van der Waals surface area contributed by atoms with Crippen molar-refractivity contribution in [3.63, 3.8) is 0 Å². The summed E-state index contributed by atoms with van der Waals surface area (Å²) in [7, 11) is 0. The molecule has 0 aliphatic carbocycles. The van der Waals surface area contributed by atoms with Gasteiger partial charge in [-0.25, -0.2) is 0 Å². The van der Waals surface area contributed by atoms with E-state index in [4.69, 9.17) is 4.74 Å². The second kappa shape index (κ2) is 4.52. The molecule has 0 bridgehead atoms. The van der Waals surface area contributed by atoms with Gasteiger partial charge in [0.05, 0.1) is 17.8 Å². The summed E-state index contributed by atoms with van der Waals surface area (Å²) < 4.78 is 6.21. The van der Waals surface area contributed by atoms with Gasteiger partial charge in [-0.2, -0.15) is 0 Å². The number of hydrogen-bond acceptors (Lipinski definition) is 3. The van der Waals surface area contributed by atoms with Crippen LogP contribution in [0, 0.1) is 0 Å². The molecule has 1 N–H and O–H groups in total. The van der Waals surface area contributed by atoms with Gasteiger partial charge < -0.3 is 10.1 Å². The first-order valence-corrected chi connectivity index (χ1v) is 8.62. The largest absolute Gasteiger partial charge is 0.345 e. The third-order valence-electron chi connectivity index (χ3n) is 5.49. The van der Waals surface area contributed by atoms with Crippen molar-refractivity contribution in [3.05, 3.63) is 65.2 Å². The number of benzene rings is 2. The molecule has 4 heteroatoms. The van der Waals surface area contributed by atoms with Crippen molar-refractivity contribution < 1.29 is 9.53 Å². The summed E-state index contributed by atoms with van der Waals surface area (Å²) in [6.07, 6.45) is 2.16. The lowest BCUT2D eigenvalue weighted by Crippen LogP contribution is -2.55. The van der Waals surface area contributed by atoms with E-state index in [0.717, 1.165) is 28.1 Å². The maximum Gasteiger partial charge on any atom is 0.286 e. The van der Waals surface area contributed by atoms with Gasteiger partial charge in [0.2, 0.25) is 5.72 Å². The summed E-state index contributed by atoms with van der Waals surface area (Å²) in [5.74, 6) is -0.0433. The van der Waals surface area contributed by atoms with Gasteiger partial charge in [0, 0.05) is 22.4 Å². The molecule has 0 unspecified atom stereocenters. The smallest absolute Gasteiger partial charge is 0.286 e. The number of hydrogen-bond donors (Lipinski definition) is 1. The molecule has 1 amide bonds. The second-order valence-electron chi connectivity index (χ2n) is 7.58.